The van der Waals surface area contributed by atoms with Gasteiger partial charge in [-0.15, -0.1) is 0 Å². The normalized spacial score (nSPS) is 19.8. The smallest absolute Gasteiger partial charge is 0.265 e. The first-order chi connectivity index (χ1) is 11.6. The lowest BCUT2D eigenvalue weighted by Crippen LogP contribution is -2.49. The van der Waals surface area contributed by atoms with Crippen LogP contribution in [0.15, 0.2) is 48.5 Å². The maximum Gasteiger partial charge on any atom is 0.265 e. The molecule has 2 aromatic rings. The lowest BCUT2D eigenvalue weighted by Gasteiger charge is -2.33. The molecule has 1 unspecified atom stereocenters. The molecule has 1 N–H and O–H groups in total. The number of hydrogen-bond acceptors (Lipinski definition) is 4. The average Bonchev–Trinajstić information content (AvgIpc) is 2.93. The summed E-state index contributed by atoms with van der Waals surface area (Å²) < 4.78 is 5.67. The first-order valence-corrected chi connectivity index (χ1v) is 7.62. The Kier molecular flexibility index (Phi) is 3.30. The van der Waals surface area contributed by atoms with Gasteiger partial charge in [0.25, 0.3) is 5.91 Å². The Morgan fingerprint density at radius 2 is 1.79 bits per heavy atom. The van der Waals surface area contributed by atoms with Crippen molar-refractivity contribution in [2.24, 2.45) is 0 Å². The van der Waals surface area contributed by atoms with Crippen LogP contribution < -0.4 is 15.0 Å². The predicted octanol–water partition coefficient (Wildman–Crippen LogP) is 1.49. The Morgan fingerprint density at radius 1 is 1.00 bits per heavy atom. The number of carbonyl (C=O) groups excluding carboxylic acids is 3. The van der Waals surface area contributed by atoms with Gasteiger partial charge in [-0.2, -0.15) is 0 Å². The lowest BCUT2D eigenvalue weighted by atomic mass is 10.0. The van der Waals surface area contributed by atoms with Gasteiger partial charge in [0.2, 0.25) is 11.8 Å². The zero-order chi connectivity index (χ0) is 16.7. The number of amides is 3. The number of nitrogens with one attached hydrogen (secondary N) is 1. The molecule has 4 rings (SSSR count). The van der Waals surface area contributed by atoms with Crippen molar-refractivity contribution in [3.63, 3.8) is 0 Å². The maximum absolute atomic E-state index is 12.4. The van der Waals surface area contributed by atoms with Crippen LogP contribution in [0.1, 0.15) is 6.42 Å². The molecule has 1 atom stereocenters. The monoisotopic (exact) mass is 322 g/mol. The highest BCUT2D eigenvalue weighted by molar-refractivity contribution is 6.13. The van der Waals surface area contributed by atoms with Crippen LogP contribution in [0.5, 0.6) is 5.75 Å². The summed E-state index contributed by atoms with van der Waals surface area (Å²) >= 11 is 0. The number of imide groups is 1. The number of para-hydroxylation sites is 1. The molecule has 1 fully saturated rings. The Morgan fingerprint density at radius 3 is 2.50 bits per heavy atom. The van der Waals surface area contributed by atoms with E-state index in [2.05, 4.69) is 5.32 Å². The molecule has 120 valence electrons. The van der Waals surface area contributed by atoms with Crippen molar-refractivity contribution in [2.45, 2.75) is 12.5 Å². The molecule has 2 aliphatic heterocycles. The maximum atomic E-state index is 12.4. The summed E-state index contributed by atoms with van der Waals surface area (Å²) in [6.07, 6.45) is -0.0282. The zero-order valence-electron chi connectivity index (χ0n) is 12.7. The number of hydrogen-bond donors (Lipinski definition) is 1. The molecule has 0 spiro atoms. The third-order valence-electron chi connectivity index (χ3n) is 4.20. The molecule has 6 heteroatoms. The van der Waals surface area contributed by atoms with E-state index in [9.17, 15) is 14.4 Å². The van der Waals surface area contributed by atoms with E-state index < -0.39 is 11.9 Å². The molecular weight excluding hydrogens is 308 g/mol. The predicted molar refractivity (Wildman–Crippen MR) is 86.4 cm³/mol. The fourth-order valence-corrected chi connectivity index (χ4v) is 3.14. The molecule has 2 aliphatic rings. The van der Waals surface area contributed by atoms with Gasteiger partial charge in [0.05, 0.1) is 12.1 Å². The molecule has 2 aromatic carbocycles. The van der Waals surface area contributed by atoms with Crippen LogP contribution in [-0.4, -0.2) is 30.4 Å². The summed E-state index contributed by atoms with van der Waals surface area (Å²) in [6, 6.07) is 14.3. The van der Waals surface area contributed by atoms with E-state index in [4.69, 9.17) is 4.74 Å². The van der Waals surface area contributed by atoms with Crippen LogP contribution in [0.4, 0.5) is 5.69 Å². The summed E-state index contributed by atoms with van der Waals surface area (Å²) in [5, 5.41) is 2.25. The van der Waals surface area contributed by atoms with Crippen molar-refractivity contribution in [3.8, 4) is 16.9 Å². The van der Waals surface area contributed by atoms with Crippen LogP contribution >= 0.6 is 0 Å². The highest BCUT2D eigenvalue weighted by Crippen LogP contribution is 2.42. The van der Waals surface area contributed by atoms with Crippen molar-refractivity contribution in [3.05, 3.63) is 48.5 Å². The standard InChI is InChI=1S/C18H14N2O4/c21-15-9-14(18(23)19-15)20-13-8-4-7-12(11-5-2-1-3-6-11)17(13)24-10-16(20)22/h1-8,14H,9-10H2,(H,19,21,23). The molecule has 0 radical (unpaired) electrons. The van der Waals surface area contributed by atoms with Gasteiger partial charge in [-0.25, -0.2) is 0 Å². The van der Waals surface area contributed by atoms with Crippen LogP contribution in [0.3, 0.4) is 0 Å². The lowest BCUT2D eigenvalue weighted by molar-refractivity contribution is -0.127. The van der Waals surface area contributed by atoms with Crippen LogP contribution in [-0.2, 0) is 14.4 Å². The van der Waals surface area contributed by atoms with Crippen molar-refractivity contribution < 1.29 is 19.1 Å². The zero-order valence-corrected chi connectivity index (χ0v) is 12.7. The quantitative estimate of drug-likeness (QED) is 0.850. The van der Waals surface area contributed by atoms with Gasteiger partial charge in [-0.3, -0.25) is 24.6 Å². The van der Waals surface area contributed by atoms with E-state index in [1.54, 1.807) is 6.07 Å². The Hall–Kier alpha value is -3.15. The van der Waals surface area contributed by atoms with Crippen LogP contribution in [0.25, 0.3) is 11.1 Å². The van der Waals surface area contributed by atoms with Gasteiger partial charge < -0.3 is 4.74 Å². The van der Waals surface area contributed by atoms with Crippen LogP contribution in [0, 0.1) is 0 Å². The summed E-state index contributed by atoms with van der Waals surface area (Å²) in [6.45, 7) is -0.158. The second kappa shape index (κ2) is 5.49. The van der Waals surface area contributed by atoms with Crippen LogP contribution in [0.2, 0.25) is 0 Å². The van der Waals surface area contributed by atoms with E-state index in [1.807, 2.05) is 42.5 Å². The molecule has 6 nitrogen and oxygen atoms in total. The number of ether oxygens (including phenoxy) is 1. The van der Waals surface area contributed by atoms with Gasteiger partial charge in [-0.05, 0) is 11.6 Å². The summed E-state index contributed by atoms with van der Waals surface area (Å²) in [5.41, 5.74) is 2.31. The second-order valence-corrected chi connectivity index (χ2v) is 5.70. The molecule has 0 bridgehead atoms. The topological polar surface area (TPSA) is 75.7 Å². The third kappa shape index (κ3) is 2.23. The molecule has 2 heterocycles. The summed E-state index contributed by atoms with van der Waals surface area (Å²) in [4.78, 5) is 37.3. The third-order valence-corrected chi connectivity index (χ3v) is 4.20. The fraction of sp³-hybridized carbons (Fsp3) is 0.167. The fourth-order valence-electron chi connectivity index (χ4n) is 3.14. The largest absolute Gasteiger partial charge is 0.481 e. The number of nitrogens with zero attached hydrogens (tertiary/aromatic N) is 1. The SMILES string of the molecule is O=C1CC(N2C(=O)COc3c(-c4ccccc4)cccc32)C(=O)N1. The minimum atomic E-state index is -0.821. The minimum absolute atomic E-state index is 0.0282. The number of carbonyl (C=O) groups is 3. The van der Waals surface area contributed by atoms with Gasteiger partial charge >= 0.3 is 0 Å². The highest BCUT2D eigenvalue weighted by Gasteiger charge is 2.41. The molecular formula is C18H14N2O4. The van der Waals surface area contributed by atoms with Crippen molar-refractivity contribution in [1.29, 1.82) is 0 Å². The number of benzene rings is 2. The van der Waals surface area contributed by atoms with Gasteiger partial charge in [-0.1, -0.05) is 42.5 Å². The molecule has 0 aliphatic carbocycles. The summed E-state index contributed by atoms with van der Waals surface area (Å²) in [7, 11) is 0. The Labute approximate surface area is 138 Å². The number of fused-ring (bicyclic) bond motifs is 1. The number of anilines is 1. The summed E-state index contributed by atoms with van der Waals surface area (Å²) in [5.74, 6) is -0.602. The Bertz CT molecular complexity index is 847. The van der Waals surface area contributed by atoms with E-state index >= 15 is 0 Å². The van der Waals surface area contributed by atoms with Gasteiger partial charge in [0, 0.05) is 5.56 Å². The Balaban J connectivity index is 1.83. The molecule has 24 heavy (non-hydrogen) atoms. The highest BCUT2D eigenvalue weighted by atomic mass is 16.5. The van der Waals surface area contributed by atoms with Crippen molar-refractivity contribution in [1.82, 2.24) is 5.32 Å². The number of rotatable bonds is 2. The second-order valence-electron chi connectivity index (χ2n) is 5.70. The van der Waals surface area contributed by atoms with E-state index in [0.29, 0.717) is 11.4 Å². The molecule has 1 saturated heterocycles. The van der Waals surface area contributed by atoms with Crippen molar-refractivity contribution in [2.75, 3.05) is 11.5 Å². The van der Waals surface area contributed by atoms with Gasteiger partial charge in [0.1, 0.15) is 6.04 Å². The first kappa shape index (κ1) is 14.4. The average molecular weight is 322 g/mol. The first-order valence-electron chi connectivity index (χ1n) is 7.62. The van der Waals surface area contributed by atoms with E-state index in [1.165, 1.54) is 4.90 Å². The molecule has 0 saturated carbocycles. The minimum Gasteiger partial charge on any atom is -0.481 e. The van der Waals surface area contributed by atoms with E-state index in [0.717, 1.165) is 11.1 Å². The molecule has 0 aromatic heterocycles. The van der Waals surface area contributed by atoms with Crippen molar-refractivity contribution >= 4 is 23.4 Å². The van der Waals surface area contributed by atoms with Gasteiger partial charge in [0.15, 0.2) is 12.4 Å². The van der Waals surface area contributed by atoms with E-state index in [-0.39, 0.29) is 24.8 Å². The molecule has 3 amide bonds.